The highest BCUT2D eigenvalue weighted by molar-refractivity contribution is 5.47. The molecule has 4 nitrogen and oxygen atoms in total. The van der Waals surface area contributed by atoms with Crippen molar-refractivity contribution in [2.45, 2.75) is 39.0 Å². The number of hydrogen-bond donors (Lipinski definition) is 2. The molecule has 1 aromatic heterocycles. The zero-order valence-electron chi connectivity index (χ0n) is 10.8. The lowest BCUT2D eigenvalue weighted by atomic mass is 10.2. The summed E-state index contributed by atoms with van der Waals surface area (Å²) in [7, 11) is 1.89. The molecule has 1 aromatic rings. The topological polar surface area (TPSA) is 49.8 Å². The van der Waals surface area contributed by atoms with Gasteiger partial charge in [-0.15, -0.1) is 0 Å². The number of anilines is 2. The lowest BCUT2D eigenvalue weighted by molar-refractivity contribution is 0.686. The van der Waals surface area contributed by atoms with Crippen molar-refractivity contribution in [2.75, 3.05) is 24.2 Å². The molecule has 0 unspecified atom stereocenters. The fourth-order valence-electron chi connectivity index (χ4n) is 1.89. The van der Waals surface area contributed by atoms with Gasteiger partial charge in [0.15, 0.2) is 0 Å². The predicted octanol–water partition coefficient (Wildman–Crippen LogP) is 2.68. The maximum Gasteiger partial charge on any atom is 0.132 e. The van der Waals surface area contributed by atoms with Gasteiger partial charge in [0.25, 0.3) is 0 Å². The molecule has 1 heterocycles. The van der Waals surface area contributed by atoms with Gasteiger partial charge in [0.2, 0.25) is 0 Å². The maximum absolute atomic E-state index is 4.47. The van der Waals surface area contributed by atoms with Gasteiger partial charge in [-0.25, -0.2) is 9.97 Å². The zero-order chi connectivity index (χ0) is 12.1. The molecule has 0 aromatic carbocycles. The van der Waals surface area contributed by atoms with E-state index in [1.807, 2.05) is 13.1 Å². The Morgan fingerprint density at radius 2 is 2.06 bits per heavy atom. The summed E-state index contributed by atoms with van der Waals surface area (Å²) < 4.78 is 0. The van der Waals surface area contributed by atoms with Crippen LogP contribution in [0.25, 0.3) is 0 Å². The summed E-state index contributed by atoms with van der Waals surface area (Å²) in [4.78, 5) is 8.84. The predicted molar refractivity (Wildman–Crippen MR) is 71.4 cm³/mol. The number of aromatic nitrogens is 2. The van der Waals surface area contributed by atoms with E-state index in [0.717, 1.165) is 36.3 Å². The molecule has 0 atom stereocenters. The van der Waals surface area contributed by atoms with E-state index in [2.05, 4.69) is 27.5 Å². The quantitative estimate of drug-likeness (QED) is 0.712. The SMILES string of the molecule is CCc1nc(NC)cc(NCCCC2CC2)n1. The Hall–Kier alpha value is -1.32. The Kier molecular flexibility index (Phi) is 4.18. The summed E-state index contributed by atoms with van der Waals surface area (Å²) in [5, 5.41) is 6.46. The van der Waals surface area contributed by atoms with Crippen molar-refractivity contribution < 1.29 is 0 Å². The molecule has 94 valence electrons. The van der Waals surface area contributed by atoms with Gasteiger partial charge in [0.05, 0.1) is 0 Å². The van der Waals surface area contributed by atoms with E-state index in [4.69, 9.17) is 0 Å². The van der Waals surface area contributed by atoms with E-state index in [1.54, 1.807) is 0 Å². The third-order valence-corrected chi connectivity index (χ3v) is 3.14. The normalized spacial score (nSPS) is 14.7. The van der Waals surface area contributed by atoms with Gasteiger partial charge in [0.1, 0.15) is 17.5 Å². The average molecular weight is 234 g/mol. The van der Waals surface area contributed by atoms with Crippen LogP contribution in [0.5, 0.6) is 0 Å². The minimum Gasteiger partial charge on any atom is -0.373 e. The van der Waals surface area contributed by atoms with Gasteiger partial charge in [-0.3, -0.25) is 0 Å². The van der Waals surface area contributed by atoms with E-state index in [1.165, 1.54) is 25.7 Å². The third-order valence-electron chi connectivity index (χ3n) is 3.14. The molecule has 0 spiro atoms. The Morgan fingerprint density at radius 1 is 1.29 bits per heavy atom. The van der Waals surface area contributed by atoms with E-state index in [-0.39, 0.29) is 0 Å². The molecular formula is C13H22N4. The molecule has 4 heteroatoms. The van der Waals surface area contributed by atoms with Crippen LogP contribution in [0.2, 0.25) is 0 Å². The number of aryl methyl sites for hydroxylation is 1. The van der Waals surface area contributed by atoms with Crippen LogP contribution in [0.4, 0.5) is 11.6 Å². The highest BCUT2D eigenvalue weighted by Crippen LogP contribution is 2.33. The van der Waals surface area contributed by atoms with E-state index >= 15 is 0 Å². The molecule has 1 fully saturated rings. The second-order valence-corrected chi connectivity index (χ2v) is 4.67. The first-order valence-corrected chi connectivity index (χ1v) is 6.61. The minimum atomic E-state index is 0.867. The van der Waals surface area contributed by atoms with Crippen LogP contribution in [0.1, 0.15) is 38.4 Å². The zero-order valence-corrected chi connectivity index (χ0v) is 10.8. The third kappa shape index (κ3) is 3.88. The molecular weight excluding hydrogens is 212 g/mol. The molecule has 0 bridgehead atoms. The van der Waals surface area contributed by atoms with Crippen molar-refractivity contribution in [3.63, 3.8) is 0 Å². The van der Waals surface area contributed by atoms with Gasteiger partial charge in [0, 0.05) is 26.1 Å². The number of rotatable bonds is 7. The Bertz CT molecular complexity index is 338. The highest BCUT2D eigenvalue weighted by atomic mass is 15.1. The summed E-state index contributed by atoms with van der Waals surface area (Å²) in [6.45, 7) is 3.09. The van der Waals surface area contributed by atoms with Gasteiger partial charge in [-0.1, -0.05) is 19.8 Å². The van der Waals surface area contributed by atoms with Gasteiger partial charge >= 0.3 is 0 Å². The fraction of sp³-hybridized carbons (Fsp3) is 0.692. The standard InChI is InChI=1S/C13H22N4/c1-3-11-16-12(14-2)9-13(17-11)15-8-4-5-10-6-7-10/h9-10H,3-8H2,1-2H3,(H2,14,15,16,17). The molecule has 1 saturated carbocycles. The Morgan fingerprint density at radius 3 is 2.71 bits per heavy atom. The molecule has 0 aliphatic heterocycles. The largest absolute Gasteiger partial charge is 0.373 e. The second-order valence-electron chi connectivity index (χ2n) is 4.67. The van der Waals surface area contributed by atoms with Crippen LogP contribution in [-0.4, -0.2) is 23.6 Å². The number of nitrogens with one attached hydrogen (secondary N) is 2. The molecule has 17 heavy (non-hydrogen) atoms. The van der Waals surface area contributed by atoms with Crippen molar-refractivity contribution in [1.29, 1.82) is 0 Å². The fourth-order valence-corrected chi connectivity index (χ4v) is 1.89. The summed E-state index contributed by atoms with van der Waals surface area (Å²) in [5.41, 5.74) is 0. The lowest BCUT2D eigenvalue weighted by Gasteiger charge is -2.08. The Labute approximate surface area is 103 Å². The van der Waals surface area contributed by atoms with Crippen LogP contribution in [0.15, 0.2) is 6.07 Å². The first-order chi connectivity index (χ1) is 8.31. The van der Waals surface area contributed by atoms with Gasteiger partial charge < -0.3 is 10.6 Å². The van der Waals surface area contributed by atoms with Crippen molar-refractivity contribution in [3.05, 3.63) is 11.9 Å². The van der Waals surface area contributed by atoms with Gasteiger partial charge in [-0.05, 0) is 18.8 Å². The highest BCUT2D eigenvalue weighted by Gasteiger charge is 2.19. The summed E-state index contributed by atoms with van der Waals surface area (Å²) >= 11 is 0. The maximum atomic E-state index is 4.47. The van der Waals surface area contributed by atoms with Crippen molar-refractivity contribution >= 4 is 11.6 Å². The first-order valence-electron chi connectivity index (χ1n) is 6.61. The van der Waals surface area contributed by atoms with Crippen LogP contribution < -0.4 is 10.6 Å². The number of nitrogens with zero attached hydrogens (tertiary/aromatic N) is 2. The molecule has 2 rings (SSSR count). The Balaban J connectivity index is 1.84. The van der Waals surface area contributed by atoms with Gasteiger partial charge in [-0.2, -0.15) is 0 Å². The molecule has 1 aliphatic carbocycles. The summed E-state index contributed by atoms with van der Waals surface area (Å²) in [5.74, 6) is 3.74. The second kappa shape index (κ2) is 5.84. The van der Waals surface area contributed by atoms with E-state index in [9.17, 15) is 0 Å². The van der Waals surface area contributed by atoms with Crippen LogP contribution >= 0.6 is 0 Å². The minimum absolute atomic E-state index is 0.867. The van der Waals surface area contributed by atoms with Crippen LogP contribution in [0.3, 0.4) is 0 Å². The van der Waals surface area contributed by atoms with Crippen LogP contribution in [0, 0.1) is 5.92 Å². The number of hydrogen-bond acceptors (Lipinski definition) is 4. The molecule has 1 aliphatic rings. The summed E-state index contributed by atoms with van der Waals surface area (Å²) in [6.07, 6.45) is 6.35. The monoisotopic (exact) mass is 234 g/mol. The van der Waals surface area contributed by atoms with Crippen LogP contribution in [-0.2, 0) is 6.42 Å². The average Bonchev–Trinajstić information content (AvgIpc) is 3.18. The van der Waals surface area contributed by atoms with E-state index < -0.39 is 0 Å². The molecule has 2 N–H and O–H groups in total. The lowest BCUT2D eigenvalue weighted by Crippen LogP contribution is -2.07. The smallest absolute Gasteiger partial charge is 0.132 e. The summed E-state index contributed by atoms with van der Waals surface area (Å²) in [6, 6.07) is 1.97. The van der Waals surface area contributed by atoms with Crippen molar-refractivity contribution in [3.8, 4) is 0 Å². The van der Waals surface area contributed by atoms with Crippen molar-refractivity contribution in [2.24, 2.45) is 5.92 Å². The molecule has 0 amide bonds. The first kappa shape index (κ1) is 12.1. The molecule has 0 radical (unpaired) electrons. The molecule has 0 saturated heterocycles. The van der Waals surface area contributed by atoms with Crippen molar-refractivity contribution in [1.82, 2.24) is 9.97 Å². The van der Waals surface area contributed by atoms with E-state index in [0.29, 0.717) is 0 Å².